The average Bonchev–Trinajstić information content (AvgIpc) is 2.48. The van der Waals surface area contributed by atoms with Crippen molar-refractivity contribution in [2.45, 2.75) is 25.7 Å². The summed E-state index contributed by atoms with van der Waals surface area (Å²) in [5, 5.41) is 0.675. The van der Waals surface area contributed by atoms with Gasteiger partial charge in [-0.15, -0.1) is 0 Å². The zero-order valence-corrected chi connectivity index (χ0v) is 8.72. The number of anilines is 1. The third-order valence-electron chi connectivity index (χ3n) is 3.01. The maximum absolute atomic E-state index is 6.12. The second-order valence-corrected chi connectivity index (χ2v) is 4.29. The van der Waals surface area contributed by atoms with Crippen LogP contribution in [0.3, 0.4) is 0 Å². The highest BCUT2D eigenvalue weighted by Gasteiger charge is 2.23. The molecular formula is C10H12ClN3. The number of nitrogens with zero attached hydrogens (tertiary/aromatic N) is 3. The number of hydrogen-bond acceptors (Lipinski definition) is 3. The minimum absolute atomic E-state index is 0.675. The Morgan fingerprint density at radius 1 is 1.07 bits per heavy atom. The van der Waals surface area contributed by atoms with E-state index < -0.39 is 0 Å². The van der Waals surface area contributed by atoms with Crippen LogP contribution >= 0.6 is 11.6 Å². The summed E-state index contributed by atoms with van der Waals surface area (Å²) in [5.74, 6) is 0.835. The lowest BCUT2D eigenvalue weighted by molar-refractivity contribution is 0.598. The molecule has 0 unspecified atom stereocenters. The van der Waals surface area contributed by atoms with Crippen LogP contribution in [0.15, 0.2) is 0 Å². The molecule has 0 atom stereocenters. The van der Waals surface area contributed by atoms with Crippen molar-refractivity contribution in [3.63, 3.8) is 0 Å². The molecule has 0 amide bonds. The van der Waals surface area contributed by atoms with Gasteiger partial charge in [-0.3, -0.25) is 0 Å². The molecule has 4 heteroatoms. The van der Waals surface area contributed by atoms with Crippen molar-refractivity contribution in [1.29, 1.82) is 0 Å². The molecule has 0 bridgehead atoms. The largest absolute Gasteiger partial charge is 0.341 e. The Morgan fingerprint density at radius 3 is 2.64 bits per heavy atom. The first-order valence-corrected chi connectivity index (χ1v) is 5.52. The highest BCUT2D eigenvalue weighted by Crippen LogP contribution is 2.29. The second kappa shape index (κ2) is 3.09. The quantitative estimate of drug-likeness (QED) is 0.661. The monoisotopic (exact) mass is 209 g/mol. The average molecular weight is 210 g/mol. The van der Waals surface area contributed by atoms with Crippen molar-refractivity contribution >= 4 is 17.5 Å². The molecule has 3 nitrogen and oxygen atoms in total. The standard InChI is InChI=1S/C10H12ClN3/c11-9-7-3-1-4-8(7)12-10(13-9)14-5-2-6-14/h1-6H2. The van der Waals surface area contributed by atoms with Gasteiger partial charge in [0.2, 0.25) is 5.95 Å². The van der Waals surface area contributed by atoms with Gasteiger partial charge in [0.25, 0.3) is 0 Å². The van der Waals surface area contributed by atoms with Gasteiger partial charge in [-0.1, -0.05) is 11.6 Å². The molecule has 1 aromatic rings. The lowest BCUT2D eigenvalue weighted by atomic mass is 10.2. The van der Waals surface area contributed by atoms with E-state index in [1.54, 1.807) is 0 Å². The molecule has 0 saturated carbocycles. The van der Waals surface area contributed by atoms with Crippen LogP contribution in [0.25, 0.3) is 0 Å². The number of aromatic nitrogens is 2. The van der Waals surface area contributed by atoms with Crippen LogP contribution in [0.1, 0.15) is 24.1 Å². The summed E-state index contributed by atoms with van der Waals surface area (Å²) in [7, 11) is 0. The fraction of sp³-hybridized carbons (Fsp3) is 0.600. The van der Waals surface area contributed by atoms with Crippen LogP contribution in [-0.2, 0) is 12.8 Å². The molecule has 1 aromatic heterocycles. The minimum Gasteiger partial charge on any atom is -0.341 e. The van der Waals surface area contributed by atoms with E-state index in [9.17, 15) is 0 Å². The Morgan fingerprint density at radius 2 is 1.93 bits per heavy atom. The molecule has 2 heterocycles. The SMILES string of the molecule is Clc1nc(N2CCC2)nc2c1CCC2. The van der Waals surface area contributed by atoms with Crippen LogP contribution in [0.4, 0.5) is 5.95 Å². The van der Waals surface area contributed by atoms with E-state index in [-0.39, 0.29) is 0 Å². The molecular weight excluding hydrogens is 198 g/mol. The van der Waals surface area contributed by atoms with Crippen molar-refractivity contribution in [2.75, 3.05) is 18.0 Å². The minimum atomic E-state index is 0.675. The van der Waals surface area contributed by atoms with E-state index in [1.807, 2.05) is 0 Å². The summed E-state index contributed by atoms with van der Waals surface area (Å²) in [5.41, 5.74) is 2.35. The normalized spacial score (nSPS) is 19.4. The van der Waals surface area contributed by atoms with Crippen LogP contribution < -0.4 is 4.90 Å². The molecule has 3 rings (SSSR count). The Hall–Kier alpha value is -0.830. The molecule has 1 fully saturated rings. The maximum Gasteiger partial charge on any atom is 0.227 e. The fourth-order valence-electron chi connectivity index (χ4n) is 2.03. The van der Waals surface area contributed by atoms with Gasteiger partial charge in [-0.2, -0.15) is 0 Å². The van der Waals surface area contributed by atoms with Crippen molar-refractivity contribution in [2.24, 2.45) is 0 Å². The summed E-state index contributed by atoms with van der Waals surface area (Å²) >= 11 is 6.12. The third kappa shape index (κ3) is 1.19. The highest BCUT2D eigenvalue weighted by molar-refractivity contribution is 6.30. The maximum atomic E-state index is 6.12. The van der Waals surface area contributed by atoms with Crippen LogP contribution in [0.2, 0.25) is 5.15 Å². The third-order valence-corrected chi connectivity index (χ3v) is 3.32. The molecule has 0 radical (unpaired) electrons. The molecule has 1 aliphatic carbocycles. The van der Waals surface area contributed by atoms with E-state index in [0.29, 0.717) is 5.15 Å². The first kappa shape index (κ1) is 8.48. The summed E-state index contributed by atoms with van der Waals surface area (Å²) in [6.07, 6.45) is 4.54. The van der Waals surface area contributed by atoms with E-state index in [0.717, 1.165) is 31.9 Å². The molecule has 2 aliphatic rings. The Balaban J connectivity index is 2.02. The highest BCUT2D eigenvalue weighted by atomic mass is 35.5. The van der Waals surface area contributed by atoms with Gasteiger partial charge < -0.3 is 4.90 Å². The molecule has 74 valence electrons. The Kier molecular flexibility index (Phi) is 1.87. The van der Waals surface area contributed by atoms with E-state index in [2.05, 4.69) is 14.9 Å². The topological polar surface area (TPSA) is 29.0 Å². The Labute approximate surface area is 88.1 Å². The predicted octanol–water partition coefficient (Wildman–Crippen LogP) is 1.83. The summed E-state index contributed by atoms with van der Waals surface area (Å²) < 4.78 is 0. The lowest BCUT2D eigenvalue weighted by Gasteiger charge is -2.31. The molecule has 1 aliphatic heterocycles. The number of rotatable bonds is 1. The summed E-state index contributed by atoms with van der Waals surface area (Å²) in [6, 6.07) is 0. The molecule has 0 spiro atoms. The number of halogens is 1. The van der Waals surface area contributed by atoms with Crippen LogP contribution in [0, 0.1) is 0 Å². The number of fused-ring (bicyclic) bond motifs is 1. The first-order valence-electron chi connectivity index (χ1n) is 5.15. The van der Waals surface area contributed by atoms with Gasteiger partial charge in [0.15, 0.2) is 0 Å². The number of aryl methyl sites for hydroxylation is 1. The molecule has 14 heavy (non-hydrogen) atoms. The summed E-state index contributed by atoms with van der Waals surface area (Å²) in [4.78, 5) is 11.1. The smallest absolute Gasteiger partial charge is 0.227 e. The molecule has 0 aromatic carbocycles. The van der Waals surface area contributed by atoms with E-state index in [4.69, 9.17) is 11.6 Å². The van der Waals surface area contributed by atoms with Gasteiger partial charge in [0.1, 0.15) is 5.15 Å². The van der Waals surface area contributed by atoms with Crippen molar-refractivity contribution in [3.8, 4) is 0 Å². The molecule has 1 saturated heterocycles. The Bertz CT molecular complexity index is 374. The lowest BCUT2D eigenvalue weighted by Crippen LogP contribution is -2.38. The van der Waals surface area contributed by atoms with Crippen molar-refractivity contribution in [1.82, 2.24) is 9.97 Å². The number of hydrogen-bond donors (Lipinski definition) is 0. The van der Waals surface area contributed by atoms with Crippen molar-refractivity contribution in [3.05, 3.63) is 16.4 Å². The first-order chi connectivity index (χ1) is 6.84. The van der Waals surface area contributed by atoms with E-state index in [1.165, 1.54) is 24.1 Å². The summed E-state index contributed by atoms with van der Waals surface area (Å²) in [6.45, 7) is 2.16. The van der Waals surface area contributed by atoms with Gasteiger partial charge in [-0.25, -0.2) is 9.97 Å². The van der Waals surface area contributed by atoms with E-state index >= 15 is 0 Å². The van der Waals surface area contributed by atoms with Gasteiger partial charge >= 0.3 is 0 Å². The van der Waals surface area contributed by atoms with Crippen LogP contribution in [0.5, 0.6) is 0 Å². The second-order valence-electron chi connectivity index (χ2n) is 3.93. The van der Waals surface area contributed by atoms with Crippen molar-refractivity contribution < 1.29 is 0 Å². The van der Waals surface area contributed by atoms with Gasteiger partial charge in [0, 0.05) is 18.7 Å². The molecule has 0 N–H and O–H groups in total. The van der Waals surface area contributed by atoms with Crippen LogP contribution in [-0.4, -0.2) is 23.1 Å². The predicted molar refractivity (Wildman–Crippen MR) is 55.9 cm³/mol. The zero-order valence-electron chi connectivity index (χ0n) is 7.96. The van der Waals surface area contributed by atoms with Gasteiger partial charge in [-0.05, 0) is 25.7 Å². The fourth-order valence-corrected chi connectivity index (χ4v) is 2.31. The zero-order chi connectivity index (χ0) is 9.54. The van der Waals surface area contributed by atoms with Gasteiger partial charge in [0.05, 0.1) is 5.69 Å².